The quantitative estimate of drug-likeness (QED) is 0.874. The maximum atomic E-state index is 12.0. The fourth-order valence-corrected chi connectivity index (χ4v) is 2.55. The molecule has 0 spiro atoms. The highest BCUT2D eigenvalue weighted by molar-refractivity contribution is 5.32. The fraction of sp³-hybridized carbons (Fsp3) is 0.692. The molecule has 2 rings (SSSR count). The normalized spacial score (nSPS) is 22.6. The second kappa shape index (κ2) is 4.51. The zero-order valence-electron chi connectivity index (χ0n) is 10.9. The lowest BCUT2D eigenvalue weighted by molar-refractivity contribution is 0.378. The van der Waals surface area contributed by atoms with Crippen molar-refractivity contribution in [3.8, 4) is 0 Å². The number of anilines is 1. The second-order valence-corrected chi connectivity index (χ2v) is 5.62. The molecular formula is C13H21N3O. The number of hydrogen-bond donors (Lipinski definition) is 1. The molecule has 0 aliphatic heterocycles. The lowest BCUT2D eigenvalue weighted by atomic mass is 9.92. The number of nitrogens with one attached hydrogen (secondary N) is 1. The van der Waals surface area contributed by atoms with E-state index in [1.54, 1.807) is 17.0 Å². The first kappa shape index (κ1) is 12.1. The van der Waals surface area contributed by atoms with E-state index in [1.165, 1.54) is 6.42 Å². The molecule has 1 aromatic heterocycles. The first-order chi connectivity index (χ1) is 8.02. The molecule has 1 N–H and O–H groups in total. The van der Waals surface area contributed by atoms with Gasteiger partial charge in [0, 0.05) is 25.0 Å². The molecule has 0 amide bonds. The highest BCUT2D eigenvalue weighted by atomic mass is 16.1. The summed E-state index contributed by atoms with van der Waals surface area (Å²) in [4.78, 5) is 16.1. The fourth-order valence-electron chi connectivity index (χ4n) is 2.55. The summed E-state index contributed by atoms with van der Waals surface area (Å²) in [6.07, 6.45) is 6.85. The zero-order valence-corrected chi connectivity index (χ0v) is 10.9. The molecule has 1 fully saturated rings. The van der Waals surface area contributed by atoms with Crippen molar-refractivity contribution in [2.24, 2.45) is 5.41 Å². The number of rotatable bonds is 3. The van der Waals surface area contributed by atoms with E-state index in [4.69, 9.17) is 0 Å². The monoisotopic (exact) mass is 235 g/mol. The van der Waals surface area contributed by atoms with Crippen molar-refractivity contribution >= 4 is 5.82 Å². The first-order valence-corrected chi connectivity index (χ1v) is 6.34. The van der Waals surface area contributed by atoms with Crippen LogP contribution in [0.4, 0.5) is 5.82 Å². The standard InChI is InChI=1S/C13H21N3O/c1-4-16-8-7-14-11(12(16)17)15-10-5-6-13(2,3)9-10/h7-8,10H,4-6,9H2,1-3H3,(H,14,15). The van der Waals surface area contributed by atoms with Gasteiger partial charge in [0.1, 0.15) is 0 Å². The Balaban J connectivity index is 2.12. The third-order valence-electron chi connectivity index (χ3n) is 3.56. The van der Waals surface area contributed by atoms with Gasteiger partial charge in [0.2, 0.25) is 0 Å². The minimum absolute atomic E-state index is 0.0142. The SMILES string of the molecule is CCn1ccnc(NC2CCC(C)(C)C2)c1=O. The lowest BCUT2D eigenvalue weighted by Crippen LogP contribution is -2.28. The third kappa shape index (κ3) is 2.68. The second-order valence-electron chi connectivity index (χ2n) is 5.62. The predicted molar refractivity (Wildman–Crippen MR) is 69.2 cm³/mol. The Labute approximate surface area is 102 Å². The van der Waals surface area contributed by atoms with Crippen LogP contribution in [0.5, 0.6) is 0 Å². The van der Waals surface area contributed by atoms with Crippen LogP contribution < -0.4 is 10.9 Å². The van der Waals surface area contributed by atoms with Crippen LogP contribution >= 0.6 is 0 Å². The van der Waals surface area contributed by atoms with Gasteiger partial charge in [0.05, 0.1) is 0 Å². The van der Waals surface area contributed by atoms with Gasteiger partial charge in [-0.1, -0.05) is 13.8 Å². The molecular weight excluding hydrogens is 214 g/mol. The molecule has 1 saturated carbocycles. The van der Waals surface area contributed by atoms with Gasteiger partial charge in [-0.25, -0.2) is 4.98 Å². The molecule has 4 heteroatoms. The molecule has 1 atom stereocenters. The average Bonchev–Trinajstić information content (AvgIpc) is 2.61. The van der Waals surface area contributed by atoms with Gasteiger partial charge < -0.3 is 9.88 Å². The summed E-state index contributed by atoms with van der Waals surface area (Å²) in [5, 5.41) is 3.30. The molecule has 1 unspecified atom stereocenters. The molecule has 94 valence electrons. The molecule has 0 bridgehead atoms. The zero-order chi connectivity index (χ0) is 12.5. The van der Waals surface area contributed by atoms with Crippen molar-refractivity contribution in [3.63, 3.8) is 0 Å². The van der Waals surface area contributed by atoms with E-state index in [-0.39, 0.29) is 5.56 Å². The third-order valence-corrected chi connectivity index (χ3v) is 3.56. The minimum atomic E-state index is -0.0142. The van der Waals surface area contributed by atoms with E-state index in [2.05, 4.69) is 24.1 Å². The van der Waals surface area contributed by atoms with Crippen LogP contribution in [0.3, 0.4) is 0 Å². The van der Waals surface area contributed by atoms with E-state index in [0.29, 0.717) is 23.8 Å². The van der Waals surface area contributed by atoms with Crippen LogP contribution in [0.1, 0.15) is 40.0 Å². The van der Waals surface area contributed by atoms with Gasteiger partial charge in [-0.2, -0.15) is 0 Å². The van der Waals surface area contributed by atoms with Gasteiger partial charge in [-0.05, 0) is 31.6 Å². The number of hydrogen-bond acceptors (Lipinski definition) is 3. The Hall–Kier alpha value is -1.32. The Bertz CT molecular complexity index is 450. The summed E-state index contributed by atoms with van der Waals surface area (Å²) >= 11 is 0. The Morgan fingerprint density at radius 2 is 2.35 bits per heavy atom. The van der Waals surface area contributed by atoms with Gasteiger partial charge in [0.25, 0.3) is 5.56 Å². The molecule has 4 nitrogen and oxygen atoms in total. The van der Waals surface area contributed by atoms with Crippen LogP contribution in [0, 0.1) is 5.41 Å². The summed E-state index contributed by atoms with van der Waals surface area (Å²) in [7, 11) is 0. The van der Waals surface area contributed by atoms with Crippen LogP contribution in [0.2, 0.25) is 0 Å². The average molecular weight is 235 g/mol. The number of nitrogens with zero attached hydrogens (tertiary/aromatic N) is 2. The van der Waals surface area contributed by atoms with Gasteiger partial charge in [-0.15, -0.1) is 0 Å². The summed E-state index contributed by atoms with van der Waals surface area (Å²) in [6, 6.07) is 0.387. The maximum absolute atomic E-state index is 12.0. The van der Waals surface area contributed by atoms with E-state index in [0.717, 1.165) is 12.8 Å². The summed E-state index contributed by atoms with van der Waals surface area (Å²) in [5.74, 6) is 0.497. The van der Waals surface area contributed by atoms with Crippen LogP contribution in [0.15, 0.2) is 17.2 Å². The summed E-state index contributed by atoms with van der Waals surface area (Å²) in [6.45, 7) is 7.20. The van der Waals surface area contributed by atoms with Crippen molar-refractivity contribution in [2.75, 3.05) is 5.32 Å². The topological polar surface area (TPSA) is 46.9 Å². The van der Waals surface area contributed by atoms with Crippen LogP contribution in [-0.4, -0.2) is 15.6 Å². The van der Waals surface area contributed by atoms with Crippen molar-refractivity contribution in [3.05, 3.63) is 22.7 Å². The van der Waals surface area contributed by atoms with Crippen molar-refractivity contribution in [1.82, 2.24) is 9.55 Å². The first-order valence-electron chi connectivity index (χ1n) is 6.34. The maximum Gasteiger partial charge on any atom is 0.293 e. The largest absolute Gasteiger partial charge is 0.363 e. The minimum Gasteiger partial charge on any atom is -0.363 e. The molecule has 0 aromatic carbocycles. The molecule has 0 radical (unpaired) electrons. The summed E-state index contributed by atoms with van der Waals surface area (Å²) in [5.41, 5.74) is 0.371. The highest BCUT2D eigenvalue weighted by Gasteiger charge is 2.31. The number of aromatic nitrogens is 2. The molecule has 1 aromatic rings. The van der Waals surface area contributed by atoms with Crippen molar-refractivity contribution in [1.29, 1.82) is 0 Å². The summed E-state index contributed by atoms with van der Waals surface area (Å²) < 4.78 is 1.68. The predicted octanol–water partition coefficient (Wildman–Crippen LogP) is 2.25. The molecule has 17 heavy (non-hydrogen) atoms. The van der Waals surface area contributed by atoms with Gasteiger partial charge in [-0.3, -0.25) is 4.79 Å². The smallest absolute Gasteiger partial charge is 0.293 e. The number of aryl methyl sites for hydroxylation is 1. The molecule has 1 aliphatic rings. The van der Waals surface area contributed by atoms with E-state index >= 15 is 0 Å². The van der Waals surface area contributed by atoms with E-state index in [9.17, 15) is 4.79 Å². The molecule has 0 saturated heterocycles. The lowest BCUT2D eigenvalue weighted by Gasteiger charge is -2.18. The van der Waals surface area contributed by atoms with Crippen molar-refractivity contribution < 1.29 is 0 Å². The van der Waals surface area contributed by atoms with E-state index in [1.807, 2.05) is 6.92 Å². The van der Waals surface area contributed by atoms with Gasteiger partial charge in [0.15, 0.2) is 5.82 Å². The Kier molecular flexibility index (Phi) is 3.22. The van der Waals surface area contributed by atoms with Crippen molar-refractivity contribution in [2.45, 2.75) is 52.6 Å². The van der Waals surface area contributed by atoms with Gasteiger partial charge >= 0.3 is 0 Å². The van der Waals surface area contributed by atoms with Crippen LogP contribution in [0.25, 0.3) is 0 Å². The van der Waals surface area contributed by atoms with E-state index < -0.39 is 0 Å². The highest BCUT2D eigenvalue weighted by Crippen LogP contribution is 2.37. The molecule has 1 aliphatic carbocycles. The Morgan fingerprint density at radius 1 is 1.59 bits per heavy atom. The Morgan fingerprint density at radius 3 is 2.94 bits per heavy atom. The molecule has 1 heterocycles. The van der Waals surface area contributed by atoms with Crippen LogP contribution in [-0.2, 0) is 6.54 Å².